The van der Waals surface area contributed by atoms with Crippen LogP contribution in [0, 0.1) is 5.92 Å². The highest BCUT2D eigenvalue weighted by molar-refractivity contribution is 8.93. The molecule has 3 N–H and O–H groups in total. The second kappa shape index (κ2) is 15.9. The molecule has 0 radical (unpaired) electrons. The molecule has 2 atom stereocenters. The minimum Gasteiger partial charge on any atom is -0.467 e. The molecule has 0 bridgehead atoms. The Morgan fingerprint density at radius 2 is 1.76 bits per heavy atom. The van der Waals surface area contributed by atoms with Crippen molar-refractivity contribution in [3.63, 3.8) is 0 Å². The van der Waals surface area contributed by atoms with Crippen LogP contribution in [0.2, 0.25) is 0 Å². The van der Waals surface area contributed by atoms with Gasteiger partial charge in [0.15, 0.2) is 12.0 Å². The fourth-order valence-electron chi connectivity index (χ4n) is 4.67. The summed E-state index contributed by atoms with van der Waals surface area (Å²) in [5.74, 6) is 0.872. The molecule has 4 rings (SSSR count). The molecule has 42 heavy (non-hydrogen) atoms. The molecule has 1 aliphatic rings. The number of ether oxygens (including phenoxy) is 3. The predicted octanol–water partition coefficient (Wildman–Crippen LogP) is 4.89. The smallest absolute Gasteiger partial charge is 0.330 e. The number of fused-ring (bicyclic) bond motifs is 1. The molecule has 10 nitrogen and oxygen atoms in total. The molecular weight excluding hydrogens is 602 g/mol. The van der Waals surface area contributed by atoms with E-state index in [2.05, 4.69) is 29.1 Å². The number of methoxy groups -OCH3 is 1. The van der Waals surface area contributed by atoms with Crippen molar-refractivity contribution in [2.45, 2.75) is 51.9 Å². The Bertz CT molecular complexity index is 1340. The summed E-state index contributed by atoms with van der Waals surface area (Å²) in [4.78, 5) is 36.2. The first kappa shape index (κ1) is 32.6. The number of guanidine groups is 1. The van der Waals surface area contributed by atoms with E-state index in [1.54, 1.807) is 6.20 Å². The summed E-state index contributed by atoms with van der Waals surface area (Å²) in [7, 11) is 1.29. The molecule has 0 saturated heterocycles. The van der Waals surface area contributed by atoms with E-state index in [9.17, 15) is 9.59 Å². The molecule has 224 valence electrons. The first-order valence-electron chi connectivity index (χ1n) is 13.7. The zero-order chi connectivity index (χ0) is 29.2. The topological polar surface area (TPSA) is 128 Å². The van der Waals surface area contributed by atoms with Crippen LogP contribution < -0.4 is 15.8 Å². The molecule has 1 aromatic heterocycles. The SMILES string of the molecule is Br.COC(=O)C(COCc1ccccc1)NC(=O)CC[C@@H](C(C)C)N1Cc2cc(Oc3ccccc3)ncc2N=C1N. The van der Waals surface area contributed by atoms with Crippen molar-refractivity contribution in [3.05, 3.63) is 84.1 Å². The number of rotatable bonds is 13. The van der Waals surface area contributed by atoms with Gasteiger partial charge in [0, 0.05) is 30.6 Å². The number of halogens is 1. The van der Waals surface area contributed by atoms with Gasteiger partial charge >= 0.3 is 5.97 Å². The molecule has 11 heteroatoms. The van der Waals surface area contributed by atoms with Gasteiger partial charge in [-0.15, -0.1) is 17.0 Å². The van der Waals surface area contributed by atoms with Gasteiger partial charge in [-0.05, 0) is 30.0 Å². The molecule has 0 fully saturated rings. The van der Waals surface area contributed by atoms with Crippen LogP contribution in [0.25, 0.3) is 0 Å². The summed E-state index contributed by atoms with van der Waals surface area (Å²) >= 11 is 0. The first-order valence-corrected chi connectivity index (χ1v) is 13.7. The number of pyridine rings is 1. The summed E-state index contributed by atoms with van der Waals surface area (Å²) in [5, 5.41) is 2.77. The lowest BCUT2D eigenvalue weighted by atomic mass is 9.96. The van der Waals surface area contributed by atoms with Gasteiger partial charge < -0.3 is 30.2 Å². The number of aliphatic imine (C=N–C) groups is 1. The van der Waals surface area contributed by atoms with E-state index in [4.69, 9.17) is 19.9 Å². The van der Waals surface area contributed by atoms with Gasteiger partial charge in [-0.3, -0.25) is 4.79 Å². The third-order valence-electron chi connectivity index (χ3n) is 6.83. The third-order valence-corrected chi connectivity index (χ3v) is 6.83. The van der Waals surface area contributed by atoms with Crippen LogP contribution >= 0.6 is 17.0 Å². The van der Waals surface area contributed by atoms with Crippen LogP contribution in [0.5, 0.6) is 11.6 Å². The molecule has 1 amide bonds. The second-order valence-electron chi connectivity index (χ2n) is 10.2. The molecule has 1 unspecified atom stereocenters. The van der Waals surface area contributed by atoms with Gasteiger partial charge in [0.1, 0.15) is 5.75 Å². The maximum Gasteiger partial charge on any atom is 0.330 e. The highest BCUT2D eigenvalue weighted by Gasteiger charge is 2.29. The van der Waals surface area contributed by atoms with Gasteiger partial charge in [0.25, 0.3) is 0 Å². The Kier molecular flexibility index (Phi) is 12.3. The summed E-state index contributed by atoms with van der Waals surface area (Å²) in [6.45, 7) is 4.99. The number of nitrogens with zero attached hydrogens (tertiary/aromatic N) is 3. The summed E-state index contributed by atoms with van der Waals surface area (Å²) in [6.07, 6.45) is 2.35. The Morgan fingerprint density at radius 1 is 1.07 bits per heavy atom. The standard InChI is InChI=1S/C31H37N5O5.BrH/c1-21(2)27(14-15-28(37)34-26(30(38)39-3)20-40-19-22-10-6-4-7-11-22)36-18-23-16-29(33-17-25(23)35-31(36)32)41-24-12-8-5-9-13-24;/h4-13,16-17,21,26-27H,14-15,18-20H2,1-3H3,(H2,32,35)(H,34,37);1H/t26?,27-;/m0./s1. The van der Waals surface area contributed by atoms with E-state index in [1.807, 2.05) is 71.6 Å². The first-order chi connectivity index (χ1) is 19.8. The van der Waals surface area contributed by atoms with Crippen molar-refractivity contribution in [2.75, 3.05) is 13.7 Å². The minimum absolute atomic E-state index is 0. The number of esters is 1. The number of carbonyl (C=O) groups excluding carboxylic acids is 2. The number of benzene rings is 2. The summed E-state index contributed by atoms with van der Waals surface area (Å²) in [5.41, 5.74) is 8.97. The molecular formula is C31H38BrN5O5. The number of nitrogens with two attached hydrogens (primary N) is 1. The van der Waals surface area contributed by atoms with E-state index >= 15 is 0 Å². The van der Waals surface area contributed by atoms with Crippen molar-refractivity contribution in [2.24, 2.45) is 16.6 Å². The fourth-order valence-corrected chi connectivity index (χ4v) is 4.67. The largest absolute Gasteiger partial charge is 0.467 e. The maximum absolute atomic E-state index is 12.9. The zero-order valence-electron chi connectivity index (χ0n) is 24.1. The lowest BCUT2D eigenvalue weighted by molar-refractivity contribution is -0.147. The fraction of sp³-hybridized carbons (Fsp3) is 0.355. The van der Waals surface area contributed by atoms with Gasteiger partial charge in [0.05, 0.1) is 32.2 Å². The van der Waals surface area contributed by atoms with E-state index in [-0.39, 0.29) is 47.9 Å². The number of para-hydroxylation sites is 1. The Morgan fingerprint density at radius 3 is 2.43 bits per heavy atom. The van der Waals surface area contributed by atoms with Gasteiger partial charge in [-0.1, -0.05) is 62.4 Å². The summed E-state index contributed by atoms with van der Waals surface area (Å²) < 4.78 is 16.5. The lowest BCUT2D eigenvalue weighted by Gasteiger charge is -2.37. The molecule has 3 aromatic rings. The van der Waals surface area contributed by atoms with Crippen LogP contribution in [-0.2, 0) is 32.2 Å². The monoisotopic (exact) mass is 639 g/mol. The molecule has 0 spiro atoms. The Hall–Kier alpha value is -3.96. The Balaban J connectivity index is 0.00000484. The molecule has 2 heterocycles. The lowest BCUT2D eigenvalue weighted by Crippen LogP contribution is -2.49. The van der Waals surface area contributed by atoms with E-state index in [0.717, 1.165) is 11.1 Å². The van der Waals surface area contributed by atoms with Crippen molar-refractivity contribution < 1.29 is 23.8 Å². The van der Waals surface area contributed by atoms with E-state index in [0.29, 0.717) is 42.8 Å². The van der Waals surface area contributed by atoms with E-state index < -0.39 is 12.0 Å². The number of hydrogen-bond donors (Lipinski definition) is 2. The Labute approximate surface area is 257 Å². The second-order valence-corrected chi connectivity index (χ2v) is 10.2. The molecule has 2 aromatic carbocycles. The van der Waals surface area contributed by atoms with Crippen LogP contribution in [0.15, 0.2) is 77.9 Å². The van der Waals surface area contributed by atoms with Gasteiger partial charge in [0.2, 0.25) is 11.8 Å². The average molecular weight is 641 g/mol. The quantitative estimate of drug-likeness (QED) is 0.253. The maximum atomic E-state index is 12.9. The average Bonchev–Trinajstić information content (AvgIpc) is 2.97. The number of amides is 1. The highest BCUT2D eigenvalue weighted by atomic mass is 79.9. The van der Waals surface area contributed by atoms with Crippen LogP contribution in [0.3, 0.4) is 0 Å². The van der Waals surface area contributed by atoms with E-state index in [1.165, 1.54) is 7.11 Å². The molecule has 0 saturated carbocycles. The van der Waals surface area contributed by atoms with Crippen LogP contribution in [-0.4, -0.2) is 53.5 Å². The van der Waals surface area contributed by atoms with Gasteiger partial charge in [-0.25, -0.2) is 14.8 Å². The van der Waals surface area contributed by atoms with Gasteiger partial charge in [-0.2, -0.15) is 0 Å². The minimum atomic E-state index is -0.905. The van der Waals surface area contributed by atoms with Crippen molar-refractivity contribution in [1.82, 2.24) is 15.2 Å². The predicted molar refractivity (Wildman–Crippen MR) is 166 cm³/mol. The van der Waals surface area contributed by atoms with Crippen molar-refractivity contribution >= 4 is 40.5 Å². The number of nitrogens with one attached hydrogen (secondary N) is 1. The number of hydrogen-bond acceptors (Lipinski definition) is 9. The zero-order valence-corrected chi connectivity index (χ0v) is 25.8. The third kappa shape index (κ3) is 9.02. The van der Waals surface area contributed by atoms with Crippen LogP contribution in [0.1, 0.15) is 37.8 Å². The number of aromatic nitrogens is 1. The highest BCUT2D eigenvalue weighted by Crippen LogP contribution is 2.32. The molecule has 1 aliphatic heterocycles. The van der Waals surface area contributed by atoms with Crippen molar-refractivity contribution in [3.8, 4) is 11.6 Å². The summed E-state index contributed by atoms with van der Waals surface area (Å²) in [6, 6.07) is 19.9. The van der Waals surface area contributed by atoms with Crippen LogP contribution in [0.4, 0.5) is 5.69 Å². The normalized spacial score (nSPS) is 13.7. The van der Waals surface area contributed by atoms with Crippen molar-refractivity contribution in [1.29, 1.82) is 0 Å². The number of carbonyl (C=O) groups is 2. The molecule has 0 aliphatic carbocycles.